The summed E-state index contributed by atoms with van der Waals surface area (Å²) in [4.78, 5) is 45.5. The van der Waals surface area contributed by atoms with E-state index in [1.807, 2.05) is 33.8 Å². The Labute approximate surface area is 228 Å². The number of ether oxygens (including phenoxy) is 2. The van der Waals surface area contributed by atoms with Crippen LogP contribution in [0.3, 0.4) is 0 Å². The summed E-state index contributed by atoms with van der Waals surface area (Å²) < 4.78 is 12.5. The third-order valence-corrected chi connectivity index (χ3v) is 9.04. The molecular weight excluding hydrogens is 484 g/mol. The number of likely N-dealkylation sites (tertiary alicyclic amines) is 1. The molecule has 0 aromatic heterocycles. The molecule has 1 N–H and O–H groups in total. The number of unbranched alkanes of at least 4 members (excludes halogenated alkanes) is 3. The first-order valence-electron chi connectivity index (χ1n) is 14.4. The number of allylic oxidation sites excluding steroid dienone is 1. The summed E-state index contributed by atoms with van der Waals surface area (Å²) in [6.07, 6.45) is 8.18. The molecule has 0 aromatic rings. The molecule has 214 valence electrons. The minimum absolute atomic E-state index is 0.0600. The second-order valence-electron chi connectivity index (χ2n) is 11.8. The van der Waals surface area contributed by atoms with E-state index in [1.54, 1.807) is 15.9 Å². The summed E-state index contributed by atoms with van der Waals surface area (Å²) in [5.74, 6) is -2.74. The fraction of sp³-hybridized carbons (Fsp3) is 0.767. The lowest BCUT2D eigenvalue weighted by Gasteiger charge is -2.40. The van der Waals surface area contributed by atoms with Crippen LogP contribution in [0, 0.1) is 23.7 Å². The van der Waals surface area contributed by atoms with Gasteiger partial charge in [-0.05, 0) is 50.9 Å². The molecule has 0 aliphatic carbocycles. The molecule has 3 aliphatic rings. The Balaban J connectivity index is 2.05. The zero-order valence-corrected chi connectivity index (χ0v) is 24.0. The number of hydrogen-bond acceptors (Lipinski definition) is 6. The van der Waals surface area contributed by atoms with Crippen molar-refractivity contribution in [2.24, 2.45) is 23.7 Å². The smallest absolute Gasteiger partial charge is 0.312 e. The molecule has 8 nitrogen and oxygen atoms in total. The van der Waals surface area contributed by atoms with Gasteiger partial charge in [-0.2, -0.15) is 0 Å². The SMILES string of the molecule is C=CCCCCOC(=O)[C@H]1[C@H]2C(=O)N([C@@H](CO)C(C)C)C(C(=O)N(CC=C)CCCC)C23CC(C)[C@]1(C)O3. The highest BCUT2D eigenvalue weighted by Gasteiger charge is 2.80. The minimum atomic E-state index is -1.15. The third-order valence-electron chi connectivity index (χ3n) is 9.04. The number of amides is 2. The van der Waals surface area contributed by atoms with Gasteiger partial charge in [0.15, 0.2) is 0 Å². The molecule has 38 heavy (non-hydrogen) atoms. The van der Waals surface area contributed by atoms with E-state index in [1.165, 1.54) is 0 Å². The maximum Gasteiger partial charge on any atom is 0.312 e. The Bertz CT molecular complexity index is 905. The van der Waals surface area contributed by atoms with Crippen LogP contribution < -0.4 is 0 Å². The average Bonchev–Trinajstić information content (AvgIpc) is 3.38. The predicted molar refractivity (Wildman–Crippen MR) is 146 cm³/mol. The molecule has 2 amide bonds. The van der Waals surface area contributed by atoms with Gasteiger partial charge in [-0.1, -0.05) is 46.3 Å². The summed E-state index contributed by atoms with van der Waals surface area (Å²) in [6, 6.07) is -1.50. The van der Waals surface area contributed by atoms with Gasteiger partial charge in [0.1, 0.15) is 17.6 Å². The molecule has 3 saturated heterocycles. The Morgan fingerprint density at radius 3 is 2.55 bits per heavy atom. The normalized spacial score (nSPS) is 32.4. The van der Waals surface area contributed by atoms with E-state index < -0.39 is 41.1 Å². The highest BCUT2D eigenvalue weighted by atomic mass is 16.6. The molecule has 0 aromatic carbocycles. The van der Waals surface area contributed by atoms with E-state index in [-0.39, 0.29) is 36.9 Å². The number of carbonyl (C=O) groups excluding carboxylic acids is 3. The monoisotopic (exact) mass is 532 g/mol. The lowest BCUT2D eigenvalue weighted by atomic mass is 9.62. The molecule has 1 spiro atoms. The number of aliphatic hydroxyl groups excluding tert-OH is 1. The van der Waals surface area contributed by atoms with E-state index in [9.17, 15) is 19.5 Å². The highest BCUT2D eigenvalue weighted by molar-refractivity contribution is 5.98. The molecular formula is C30H48N2O6. The maximum atomic E-state index is 14.3. The zero-order valence-electron chi connectivity index (χ0n) is 24.0. The molecule has 8 heteroatoms. The van der Waals surface area contributed by atoms with Gasteiger partial charge in [0.05, 0.1) is 30.8 Å². The van der Waals surface area contributed by atoms with Crippen molar-refractivity contribution in [2.75, 3.05) is 26.3 Å². The standard InChI is InChI=1S/C30H48N2O6/c1-8-11-13-14-17-37-28(36)24-23-26(34)32(22(19-33)20(4)5)25(27(35)31(15-10-3)16-12-9-2)30(23)18-21(6)29(24,7)38-30/h8,10,20-25,33H,1,3,9,11-19H2,2,4-7H3/t21?,22-,23-,24+,25?,29-,30?/m0/s1. The number of aliphatic hydroxyl groups is 1. The molecule has 3 unspecified atom stereocenters. The van der Waals surface area contributed by atoms with Crippen molar-refractivity contribution in [3.63, 3.8) is 0 Å². The van der Waals surface area contributed by atoms with Gasteiger partial charge in [0.2, 0.25) is 11.8 Å². The van der Waals surface area contributed by atoms with Gasteiger partial charge in [-0.25, -0.2) is 0 Å². The van der Waals surface area contributed by atoms with Crippen LogP contribution in [0.1, 0.15) is 73.1 Å². The predicted octanol–water partition coefficient (Wildman–Crippen LogP) is 3.73. The summed E-state index contributed by atoms with van der Waals surface area (Å²) in [6.45, 7) is 18.3. The molecule has 2 bridgehead atoms. The second kappa shape index (κ2) is 12.3. The Morgan fingerprint density at radius 2 is 1.97 bits per heavy atom. The maximum absolute atomic E-state index is 14.3. The number of nitrogens with zero attached hydrogens (tertiary/aromatic N) is 2. The lowest BCUT2D eigenvalue weighted by molar-refractivity contribution is -0.164. The van der Waals surface area contributed by atoms with E-state index in [4.69, 9.17) is 9.47 Å². The molecule has 3 heterocycles. The highest BCUT2D eigenvalue weighted by Crippen LogP contribution is 2.65. The van der Waals surface area contributed by atoms with Crippen LogP contribution >= 0.6 is 0 Å². The number of esters is 1. The fourth-order valence-electron chi connectivity index (χ4n) is 6.91. The number of hydrogen-bond donors (Lipinski definition) is 1. The first-order chi connectivity index (χ1) is 18.0. The second-order valence-corrected chi connectivity index (χ2v) is 11.8. The van der Waals surface area contributed by atoms with Crippen molar-refractivity contribution in [3.8, 4) is 0 Å². The number of fused-ring (bicyclic) bond motifs is 1. The third kappa shape index (κ3) is 5.06. The van der Waals surface area contributed by atoms with Crippen LogP contribution in [0.4, 0.5) is 0 Å². The Hall–Kier alpha value is -2.19. The molecule has 3 aliphatic heterocycles. The number of carbonyl (C=O) groups is 3. The average molecular weight is 533 g/mol. The largest absolute Gasteiger partial charge is 0.465 e. The quantitative estimate of drug-likeness (QED) is 0.196. The summed E-state index contributed by atoms with van der Waals surface area (Å²) in [7, 11) is 0. The molecule has 0 saturated carbocycles. The van der Waals surface area contributed by atoms with Gasteiger partial charge in [-0.15, -0.1) is 13.2 Å². The van der Waals surface area contributed by atoms with Crippen LogP contribution in [0.25, 0.3) is 0 Å². The molecule has 3 fully saturated rings. The van der Waals surface area contributed by atoms with Crippen molar-refractivity contribution < 1.29 is 29.0 Å². The summed E-state index contributed by atoms with van der Waals surface area (Å²) >= 11 is 0. The van der Waals surface area contributed by atoms with Crippen LogP contribution in [0.15, 0.2) is 25.3 Å². The van der Waals surface area contributed by atoms with Gasteiger partial charge < -0.3 is 24.4 Å². The van der Waals surface area contributed by atoms with Gasteiger partial charge in [0, 0.05) is 13.1 Å². The topological polar surface area (TPSA) is 96.4 Å². The van der Waals surface area contributed by atoms with Crippen molar-refractivity contribution in [1.82, 2.24) is 9.80 Å². The van der Waals surface area contributed by atoms with E-state index in [2.05, 4.69) is 20.1 Å². The minimum Gasteiger partial charge on any atom is -0.465 e. The Kier molecular flexibility index (Phi) is 9.85. The van der Waals surface area contributed by atoms with Crippen LogP contribution in [0.5, 0.6) is 0 Å². The van der Waals surface area contributed by atoms with Crippen molar-refractivity contribution in [2.45, 2.75) is 96.4 Å². The fourth-order valence-corrected chi connectivity index (χ4v) is 6.91. The summed E-state index contributed by atoms with van der Waals surface area (Å²) in [5.41, 5.74) is -2.06. The first-order valence-corrected chi connectivity index (χ1v) is 14.4. The van der Waals surface area contributed by atoms with Gasteiger partial charge in [0.25, 0.3) is 0 Å². The van der Waals surface area contributed by atoms with E-state index in [0.29, 0.717) is 25.9 Å². The van der Waals surface area contributed by atoms with Crippen molar-refractivity contribution in [1.29, 1.82) is 0 Å². The molecule has 3 rings (SSSR count). The van der Waals surface area contributed by atoms with E-state index >= 15 is 0 Å². The first kappa shape index (κ1) is 30.4. The molecule has 0 radical (unpaired) electrons. The van der Waals surface area contributed by atoms with Crippen LogP contribution in [-0.4, -0.2) is 82.3 Å². The molecule has 7 atom stereocenters. The van der Waals surface area contributed by atoms with Gasteiger partial charge >= 0.3 is 5.97 Å². The zero-order chi connectivity index (χ0) is 28.3. The van der Waals surface area contributed by atoms with Crippen LogP contribution in [-0.2, 0) is 23.9 Å². The van der Waals surface area contributed by atoms with E-state index in [0.717, 1.165) is 25.7 Å². The van der Waals surface area contributed by atoms with Crippen molar-refractivity contribution in [3.05, 3.63) is 25.3 Å². The lowest BCUT2D eigenvalue weighted by Crippen LogP contribution is -2.59. The van der Waals surface area contributed by atoms with Crippen LogP contribution in [0.2, 0.25) is 0 Å². The number of rotatable bonds is 15. The Morgan fingerprint density at radius 1 is 1.26 bits per heavy atom. The van der Waals surface area contributed by atoms with Gasteiger partial charge in [-0.3, -0.25) is 14.4 Å². The van der Waals surface area contributed by atoms with Crippen molar-refractivity contribution >= 4 is 17.8 Å². The summed E-state index contributed by atoms with van der Waals surface area (Å²) in [5, 5.41) is 10.4.